The number of benzene rings is 1. The summed E-state index contributed by atoms with van der Waals surface area (Å²) in [4.78, 5) is 22.8. The number of non-ortho nitro benzene ring substituents is 1. The van der Waals surface area contributed by atoms with Crippen LogP contribution in [0.4, 0.5) is 11.4 Å². The SMILES string of the molecule is Cc1ccc([N+](=O)[O-])cc1N1CC(CC(=O)O)C1. The summed E-state index contributed by atoms with van der Waals surface area (Å²) in [6, 6.07) is 4.75. The van der Waals surface area contributed by atoms with Gasteiger partial charge in [0.25, 0.3) is 5.69 Å². The van der Waals surface area contributed by atoms with E-state index in [1.54, 1.807) is 12.1 Å². The summed E-state index contributed by atoms with van der Waals surface area (Å²) in [7, 11) is 0. The number of aliphatic carboxylic acids is 1. The highest BCUT2D eigenvalue weighted by atomic mass is 16.6. The monoisotopic (exact) mass is 250 g/mol. The molecule has 0 spiro atoms. The van der Waals surface area contributed by atoms with Crippen LogP contribution >= 0.6 is 0 Å². The van der Waals surface area contributed by atoms with Crippen LogP contribution in [-0.4, -0.2) is 29.1 Å². The van der Waals surface area contributed by atoms with Crippen LogP contribution in [0.3, 0.4) is 0 Å². The van der Waals surface area contributed by atoms with Gasteiger partial charge < -0.3 is 10.0 Å². The molecule has 6 nitrogen and oxygen atoms in total. The van der Waals surface area contributed by atoms with Gasteiger partial charge in [-0.1, -0.05) is 6.07 Å². The third kappa shape index (κ3) is 2.42. The van der Waals surface area contributed by atoms with Crippen molar-refractivity contribution in [2.24, 2.45) is 5.92 Å². The van der Waals surface area contributed by atoms with E-state index in [-0.39, 0.29) is 18.0 Å². The Hall–Kier alpha value is -2.11. The summed E-state index contributed by atoms with van der Waals surface area (Å²) in [6.07, 6.45) is 0.157. The molecule has 1 aromatic carbocycles. The number of carboxylic acids is 1. The molecule has 1 aliphatic heterocycles. The molecule has 0 unspecified atom stereocenters. The van der Waals surface area contributed by atoms with Crippen molar-refractivity contribution in [3.63, 3.8) is 0 Å². The highest BCUT2D eigenvalue weighted by molar-refractivity contribution is 5.68. The fourth-order valence-electron chi connectivity index (χ4n) is 2.19. The number of anilines is 1. The van der Waals surface area contributed by atoms with E-state index in [1.807, 2.05) is 11.8 Å². The molecule has 1 aromatic rings. The van der Waals surface area contributed by atoms with Crippen LogP contribution in [0, 0.1) is 23.0 Å². The average Bonchev–Trinajstić information content (AvgIpc) is 2.23. The van der Waals surface area contributed by atoms with E-state index in [2.05, 4.69) is 0 Å². The number of rotatable bonds is 4. The molecule has 0 aliphatic carbocycles. The lowest BCUT2D eigenvalue weighted by Crippen LogP contribution is -2.47. The van der Waals surface area contributed by atoms with Crippen molar-refractivity contribution in [2.45, 2.75) is 13.3 Å². The molecule has 0 amide bonds. The van der Waals surface area contributed by atoms with Crippen molar-refractivity contribution < 1.29 is 14.8 Å². The number of carbonyl (C=O) groups is 1. The molecule has 1 N–H and O–H groups in total. The Morgan fingerprint density at radius 2 is 2.22 bits per heavy atom. The van der Waals surface area contributed by atoms with E-state index in [4.69, 9.17) is 5.11 Å². The maximum absolute atomic E-state index is 10.7. The van der Waals surface area contributed by atoms with E-state index in [1.165, 1.54) is 6.07 Å². The average molecular weight is 250 g/mol. The zero-order chi connectivity index (χ0) is 13.3. The second kappa shape index (κ2) is 4.64. The topological polar surface area (TPSA) is 83.7 Å². The summed E-state index contributed by atoms with van der Waals surface area (Å²) in [5.74, 6) is -0.656. The number of aryl methyl sites for hydroxylation is 1. The van der Waals surface area contributed by atoms with Crippen LogP contribution in [0.2, 0.25) is 0 Å². The van der Waals surface area contributed by atoms with E-state index in [0.717, 1.165) is 11.3 Å². The van der Waals surface area contributed by atoms with Crippen molar-refractivity contribution in [3.8, 4) is 0 Å². The van der Waals surface area contributed by atoms with Gasteiger partial charge in [-0.3, -0.25) is 14.9 Å². The minimum absolute atomic E-state index is 0.0669. The molecule has 96 valence electrons. The number of carboxylic acid groups (broad SMARTS) is 1. The molecule has 0 radical (unpaired) electrons. The lowest BCUT2D eigenvalue weighted by atomic mass is 9.94. The van der Waals surface area contributed by atoms with Gasteiger partial charge in [-0.15, -0.1) is 0 Å². The standard InChI is InChI=1S/C12H14N2O4/c1-8-2-3-10(14(17)18)5-11(8)13-6-9(7-13)4-12(15)16/h2-3,5,9H,4,6-7H2,1H3,(H,15,16). The number of hydrogen-bond acceptors (Lipinski definition) is 4. The highest BCUT2D eigenvalue weighted by Gasteiger charge is 2.30. The summed E-state index contributed by atoms with van der Waals surface area (Å²) >= 11 is 0. The third-order valence-corrected chi connectivity index (χ3v) is 3.16. The molecule has 6 heteroatoms. The lowest BCUT2D eigenvalue weighted by Gasteiger charge is -2.41. The first-order valence-electron chi connectivity index (χ1n) is 5.69. The van der Waals surface area contributed by atoms with Crippen LogP contribution in [-0.2, 0) is 4.79 Å². The quantitative estimate of drug-likeness (QED) is 0.650. The fourth-order valence-corrected chi connectivity index (χ4v) is 2.19. The Labute approximate surface area is 104 Å². The lowest BCUT2D eigenvalue weighted by molar-refractivity contribution is -0.384. The molecule has 0 bridgehead atoms. The first kappa shape index (κ1) is 12.3. The Morgan fingerprint density at radius 1 is 1.56 bits per heavy atom. The van der Waals surface area contributed by atoms with Gasteiger partial charge in [0, 0.05) is 36.8 Å². The van der Waals surface area contributed by atoms with Crippen molar-refractivity contribution in [1.82, 2.24) is 0 Å². The molecule has 1 heterocycles. The minimum atomic E-state index is -0.796. The Kier molecular flexibility index (Phi) is 3.18. The molecule has 1 fully saturated rings. The Bertz CT molecular complexity index is 495. The maximum Gasteiger partial charge on any atom is 0.303 e. The highest BCUT2D eigenvalue weighted by Crippen LogP contribution is 2.31. The first-order chi connectivity index (χ1) is 8.47. The van der Waals surface area contributed by atoms with Crippen molar-refractivity contribution >= 4 is 17.3 Å². The molecule has 1 saturated heterocycles. The van der Waals surface area contributed by atoms with Gasteiger partial charge in [-0.25, -0.2) is 0 Å². The van der Waals surface area contributed by atoms with Crippen molar-refractivity contribution in [1.29, 1.82) is 0 Å². The van der Waals surface area contributed by atoms with Crippen LogP contribution in [0.25, 0.3) is 0 Å². The van der Waals surface area contributed by atoms with Crippen molar-refractivity contribution in [2.75, 3.05) is 18.0 Å². The number of nitrogens with zero attached hydrogens (tertiary/aromatic N) is 2. The van der Waals surface area contributed by atoms with Gasteiger partial charge in [-0.2, -0.15) is 0 Å². The zero-order valence-corrected chi connectivity index (χ0v) is 10.00. The molecule has 0 saturated carbocycles. The van der Waals surface area contributed by atoms with Crippen molar-refractivity contribution in [3.05, 3.63) is 33.9 Å². The second-order valence-corrected chi connectivity index (χ2v) is 4.60. The van der Waals surface area contributed by atoms with Gasteiger partial charge in [0.1, 0.15) is 0 Å². The predicted molar refractivity (Wildman–Crippen MR) is 65.8 cm³/mol. The fraction of sp³-hybridized carbons (Fsp3) is 0.417. The Balaban J connectivity index is 2.09. The summed E-state index contributed by atoms with van der Waals surface area (Å²) in [5, 5.41) is 19.4. The predicted octanol–water partition coefficient (Wildman–Crippen LogP) is 1.81. The maximum atomic E-state index is 10.7. The minimum Gasteiger partial charge on any atom is -0.481 e. The molecule has 18 heavy (non-hydrogen) atoms. The largest absolute Gasteiger partial charge is 0.481 e. The molecule has 1 aliphatic rings. The van der Waals surface area contributed by atoms with Gasteiger partial charge in [0.2, 0.25) is 0 Å². The summed E-state index contributed by atoms with van der Waals surface area (Å²) < 4.78 is 0. The molecule has 0 aromatic heterocycles. The van der Waals surface area contributed by atoms with E-state index in [9.17, 15) is 14.9 Å². The van der Waals surface area contributed by atoms with Crippen LogP contribution in [0.1, 0.15) is 12.0 Å². The molecular weight excluding hydrogens is 236 g/mol. The molecular formula is C12H14N2O4. The van der Waals surface area contributed by atoms with Crippen LogP contribution in [0.15, 0.2) is 18.2 Å². The van der Waals surface area contributed by atoms with Gasteiger partial charge >= 0.3 is 5.97 Å². The molecule has 0 atom stereocenters. The summed E-state index contributed by atoms with van der Waals surface area (Å²) in [5.41, 5.74) is 1.86. The van der Waals surface area contributed by atoms with Crippen LogP contribution in [0.5, 0.6) is 0 Å². The first-order valence-corrected chi connectivity index (χ1v) is 5.69. The normalized spacial score (nSPS) is 15.3. The van der Waals surface area contributed by atoms with Gasteiger partial charge in [-0.05, 0) is 12.5 Å². The van der Waals surface area contributed by atoms with E-state index in [0.29, 0.717) is 13.1 Å². The third-order valence-electron chi connectivity index (χ3n) is 3.16. The van der Waals surface area contributed by atoms with Gasteiger partial charge in [0.15, 0.2) is 0 Å². The second-order valence-electron chi connectivity index (χ2n) is 4.60. The Morgan fingerprint density at radius 3 is 2.78 bits per heavy atom. The number of nitro benzene ring substituents is 1. The molecule has 2 rings (SSSR count). The zero-order valence-electron chi connectivity index (χ0n) is 10.00. The number of hydrogen-bond donors (Lipinski definition) is 1. The van der Waals surface area contributed by atoms with Crippen LogP contribution < -0.4 is 4.90 Å². The van der Waals surface area contributed by atoms with E-state index >= 15 is 0 Å². The number of nitro groups is 1. The summed E-state index contributed by atoms with van der Waals surface area (Å²) in [6.45, 7) is 3.19. The smallest absolute Gasteiger partial charge is 0.303 e. The van der Waals surface area contributed by atoms with Gasteiger partial charge in [0.05, 0.1) is 11.3 Å². The van der Waals surface area contributed by atoms with E-state index < -0.39 is 10.9 Å².